The van der Waals surface area contributed by atoms with E-state index in [2.05, 4.69) is 31.1 Å². The van der Waals surface area contributed by atoms with Crippen LogP contribution < -0.4 is 5.32 Å². The van der Waals surface area contributed by atoms with Crippen LogP contribution in [0.4, 0.5) is 0 Å². The number of hydrogen-bond acceptors (Lipinski definition) is 5. The van der Waals surface area contributed by atoms with Gasteiger partial charge in [0.05, 0.1) is 19.3 Å². The molecule has 1 aliphatic heterocycles. The second-order valence-electron chi connectivity index (χ2n) is 6.99. The van der Waals surface area contributed by atoms with Crippen molar-refractivity contribution in [1.82, 2.24) is 10.2 Å². The molecule has 1 heterocycles. The van der Waals surface area contributed by atoms with E-state index in [4.69, 9.17) is 9.47 Å². The molecule has 0 bridgehead atoms. The minimum Gasteiger partial charge on any atom is -0.389 e. The number of aliphatic hydroxyl groups excluding tert-OH is 1. The van der Waals surface area contributed by atoms with Crippen molar-refractivity contribution >= 4 is 0 Å². The lowest BCUT2D eigenvalue weighted by Crippen LogP contribution is -2.50. The highest BCUT2D eigenvalue weighted by Gasteiger charge is 2.34. The van der Waals surface area contributed by atoms with Crippen molar-refractivity contribution < 1.29 is 14.6 Å². The van der Waals surface area contributed by atoms with Gasteiger partial charge in [0, 0.05) is 38.8 Å². The summed E-state index contributed by atoms with van der Waals surface area (Å²) in [7, 11) is 3.69. The first kappa shape index (κ1) is 18.8. The predicted octanol–water partition coefficient (Wildman–Crippen LogP) is 0.968. The highest BCUT2D eigenvalue weighted by Crippen LogP contribution is 2.29. The van der Waals surface area contributed by atoms with Gasteiger partial charge in [0.1, 0.15) is 0 Å². The van der Waals surface area contributed by atoms with E-state index < -0.39 is 6.10 Å². The molecule has 21 heavy (non-hydrogen) atoms. The van der Waals surface area contributed by atoms with Gasteiger partial charge >= 0.3 is 0 Å². The Bertz CT molecular complexity index is 268. The normalized spacial score (nSPS) is 24.7. The van der Waals surface area contributed by atoms with Crippen LogP contribution in [0.3, 0.4) is 0 Å². The van der Waals surface area contributed by atoms with Gasteiger partial charge in [-0.2, -0.15) is 0 Å². The molecule has 126 valence electrons. The minimum absolute atomic E-state index is 0.161. The smallest absolute Gasteiger partial charge is 0.0899 e. The molecule has 0 spiro atoms. The standard InChI is InChI=1S/C16H34N2O3/c1-14(2)8-17-11-16(6-5-7-21-13-16)12-18(3)9-15(19)10-20-4/h14-15,17,19H,5-13H2,1-4H3. The van der Waals surface area contributed by atoms with Crippen molar-refractivity contribution in [3.05, 3.63) is 0 Å². The summed E-state index contributed by atoms with van der Waals surface area (Å²) in [5, 5.41) is 13.5. The van der Waals surface area contributed by atoms with E-state index in [0.29, 0.717) is 19.1 Å². The molecule has 0 saturated carbocycles. The van der Waals surface area contributed by atoms with Crippen molar-refractivity contribution in [2.75, 3.05) is 60.2 Å². The van der Waals surface area contributed by atoms with Crippen LogP contribution in [0.5, 0.6) is 0 Å². The predicted molar refractivity (Wildman–Crippen MR) is 85.6 cm³/mol. The number of ether oxygens (including phenoxy) is 2. The average Bonchev–Trinajstić information content (AvgIpc) is 2.39. The van der Waals surface area contributed by atoms with E-state index in [1.54, 1.807) is 7.11 Å². The van der Waals surface area contributed by atoms with Crippen LogP contribution in [0.15, 0.2) is 0 Å². The Labute approximate surface area is 130 Å². The van der Waals surface area contributed by atoms with Crippen LogP contribution in [0.1, 0.15) is 26.7 Å². The van der Waals surface area contributed by atoms with E-state index in [1.165, 1.54) is 6.42 Å². The fourth-order valence-corrected chi connectivity index (χ4v) is 3.10. The summed E-state index contributed by atoms with van der Waals surface area (Å²) >= 11 is 0. The van der Waals surface area contributed by atoms with Gasteiger partial charge in [0.15, 0.2) is 0 Å². The quantitative estimate of drug-likeness (QED) is 0.630. The second kappa shape index (κ2) is 9.74. The Kier molecular flexibility index (Phi) is 8.74. The summed E-state index contributed by atoms with van der Waals surface area (Å²) in [5.74, 6) is 0.660. The number of hydrogen-bond donors (Lipinski definition) is 2. The van der Waals surface area contributed by atoms with E-state index in [1.807, 2.05) is 0 Å². The lowest BCUT2D eigenvalue weighted by molar-refractivity contribution is -0.0318. The summed E-state index contributed by atoms with van der Waals surface area (Å²) < 4.78 is 10.7. The van der Waals surface area contributed by atoms with Crippen LogP contribution >= 0.6 is 0 Å². The van der Waals surface area contributed by atoms with Crippen LogP contribution in [0.2, 0.25) is 0 Å². The lowest BCUT2D eigenvalue weighted by Gasteiger charge is -2.40. The zero-order chi connectivity index (χ0) is 15.7. The molecular formula is C16H34N2O3. The van der Waals surface area contributed by atoms with Gasteiger partial charge < -0.3 is 24.8 Å². The first-order valence-corrected chi connectivity index (χ1v) is 8.11. The SMILES string of the molecule is COCC(O)CN(C)CC1(CNCC(C)C)CCCOC1. The van der Waals surface area contributed by atoms with Gasteiger partial charge in [0.25, 0.3) is 0 Å². The Morgan fingerprint density at radius 2 is 2.19 bits per heavy atom. The largest absolute Gasteiger partial charge is 0.389 e. The first-order chi connectivity index (χ1) is 9.97. The molecule has 1 aliphatic rings. The molecule has 2 atom stereocenters. The van der Waals surface area contributed by atoms with Crippen LogP contribution in [-0.4, -0.2) is 76.3 Å². The molecule has 0 aromatic carbocycles. The Hall–Kier alpha value is -0.200. The lowest BCUT2D eigenvalue weighted by atomic mass is 9.81. The maximum Gasteiger partial charge on any atom is 0.0899 e. The van der Waals surface area contributed by atoms with Crippen molar-refractivity contribution in [1.29, 1.82) is 0 Å². The highest BCUT2D eigenvalue weighted by molar-refractivity contribution is 4.87. The second-order valence-corrected chi connectivity index (χ2v) is 6.99. The number of aliphatic hydroxyl groups is 1. The summed E-state index contributed by atoms with van der Waals surface area (Å²) in [5.41, 5.74) is 0.161. The first-order valence-electron chi connectivity index (χ1n) is 8.11. The molecule has 1 rings (SSSR count). The average molecular weight is 302 g/mol. The van der Waals surface area contributed by atoms with E-state index >= 15 is 0 Å². The van der Waals surface area contributed by atoms with Gasteiger partial charge in [-0.15, -0.1) is 0 Å². The van der Waals surface area contributed by atoms with E-state index in [9.17, 15) is 5.11 Å². The van der Waals surface area contributed by atoms with Crippen LogP contribution in [0.25, 0.3) is 0 Å². The van der Waals surface area contributed by atoms with Crippen molar-refractivity contribution in [2.45, 2.75) is 32.8 Å². The summed E-state index contributed by atoms with van der Waals surface area (Å²) in [4.78, 5) is 2.20. The third-order valence-electron chi connectivity index (χ3n) is 3.94. The third kappa shape index (κ3) is 7.56. The fourth-order valence-electron chi connectivity index (χ4n) is 3.10. The van der Waals surface area contributed by atoms with Gasteiger partial charge in [-0.05, 0) is 32.4 Å². The Morgan fingerprint density at radius 1 is 1.43 bits per heavy atom. The third-order valence-corrected chi connectivity index (χ3v) is 3.94. The zero-order valence-corrected chi connectivity index (χ0v) is 14.2. The molecule has 2 N–H and O–H groups in total. The molecule has 1 fully saturated rings. The van der Waals surface area contributed by atoms with Crippen molar-refractivity contribution in [3.63, 3.8) is 0 Å². The summed E-state index contributed by atoms with van der Waals surface area (Å²) in [6.07, 6.45) is 1.88. The van der Waals surface area contributed by atoms with Crippen molar-refractivity contribution in [3.8, 4) is 0 Å². The minimum atomic E-state index is -0.426. The Morgan fingerprint density at radius 3 is 2.76 bits per heavy atom. The number of nitrogens with zero attached hydrogens (tertiary/aromatic N) is 1. The molecule has 0 amide bonds. The maximum absolute atomic E-state index is 9.87. The maximum atomic E-state index is 9.87. The summed E-state index contributed by atoms with van der Waals surface area (Å²) in [6.45, 7) is 10.1. The van der Waals surface area contributed by atoms with Gasteiger partial charge in [-0.25, -0.2) is 0 Å². The number of methoxy groups -OCH3 is 1. The molecule has 0 aromatic heterocycles. The molecule has 0 radical (unpaired) electrons. The number of rotatable bonds is 10. The van der Waals surface area contributed by atoms with Crippen molar-refractivity contribution in [2.24, 2.45) is 11.3 Å². The van der Waals surface area contributed by atoms with Crippen LogP contribution in [-0.2, 0) is 9.47 Å². The molecule has 1 saturated heterocycles. The zero-order valence-electron chi connectivity index (χ0n) is 14.2. The fraction of sp³-hybridized carbons (Fsp3) is 1.00. The van der Waals surface area contributed by atoms with Gasteiger partial charge in [-0.1, -0.05) is 13.8 Å². The summed E-state index contributed by atoms with van der Waals surface area (Å²) in [6, 6.07) is 0. The molecule has 2 unspecified atom stereocenters. The van der Waals surface area contributed by atoms with Crippen LogP contribution in [0, 0.1) is 11.3 Å². The molecule has 5 nitrogen and oxygen atoms in total. The highest BCUT2D eigenvalue weighted by atomic mass is 16.5. The number of likely N-dealkylation sites (N-methyl/N-ethyl adjacent to an activating group) is 1. The molecule has 0 aromatic rings. The molecule has 0 aliphatic carbocycles. The monoisotopic (exact) mass is 302 g/mol. The van der Waals surface area contributed by atoms with E-state index in [-0.39, 0.29) is 5.41 Å². The Balaban J connectivity index is 2.48. The molecule has 5 heteroatoms. The van der Waals surface area contributed by atoms with E-state index in [0.717, 1.165) is 39.3 Å². The number of nitrogens with one attached hydrogen (secondary N) is 1. The molecular weight excluding hydrogens is 268 g/mol. The topological polar surface area (TPSA) is 54.0 Å². The van der Waals surface area contributed by atoms with Gasteiger partial charge in [-0.3, -0.25) is 0 Å². The van der Waals surface area contributed by atoms with Gasteiger partial charge in [0.2, 0.25) is 0 Å².